The molecule has 0 aliphatic rings. The van der Waals surface area contributed by atoms with Gasteiger partial charge in [-0.2, -0.15) is 0 Å². The zero-order valence-electron chi connectivity index (χ0n) is 8.13. The Morgan fingerprint density at radius 2 is 2.29 bits per heavy atom. The molecule has 0 radical (unpaired) electrons. The molecule has 74 valence electrons. The molecule has 2 rings (SSSR count). The van der Waals surface area contributed by atoms with Gasteiger partial charge in [-0.1, -0.05) is 22.9 Å². The van der Waals surface area contributed by atoms with E-state index in [1.807, 2.05) is 0 Å². The summed E-state index contributed by atoms with van der Waals surface area (Å²) in [7, 11) is 1.71. The number of benzene rings is 1. The first kappa shape index (κ1) is 9.99. The monoisotopic (exact) mass is 270 g/mol. The summed E-state index contributed by atoms with van der Waals surface area (Å²) < 4.78 is 7.73. The van der Waals surface area contributed by atoms with E-state index in [0.717, 1.165) is 16.6 Å². The number of hydrogen-bond acceptors (Lipinski definition) is 2. The van der Waals surface area contributed by atoms with Crippen molar-refractivity contribution in [3.05, 3.63) is 27.5 Å². The molecule has 3 heteroatoms. The Morgan fingerprint density at radius 3 is 2.93 bits per heavy atom. The van der Waals surface area contributed by atoms with Crippen LogP contribution in [0.5, 0.6) is 5.75 Å². The van der Waals surface area contributed by atoms with Crippen molar-refractivity contribution in [3.8, 4) is 5.75 Å². The maximum Gasteiger partial charge on any atom is 0.137 e. The van der Waals surface area contributed by atoms with Crippen molar-refractivity contribution in [3.63, 3.8) is 0 Å². The standard InChI is InChI=1S/C11H11BrOS/c1-3-7-8-4-5-14-11(8)10(13-2)6-9(7)12/h4-6H,3H2,1-2H3. The second-order valence-corrected chi connectivity index (χ2v) is 4.83. The van der Waals surface area contributed by atoms with Crippen LogP contribution >= 0.6 is 27.3 Å². The van der Waals surface area contributed by atoms with Crippen LogP contribution in [0.1, 0.15) is 12.5 Å². The molecule has 0 amide bonds. The summed E-state index contributed by atoms with van der Waals surface area (Å²) in [5, 5.41) is 3.42. The average Bonchev–Trinajstić information content (AvgIpc) is 2.65. The van der Waals surface area contributed by atoms with Crippen LogP contribution in [0.15, 0.2) is 22.0 Å². The average molecular weight is 271 g/mol. The Hall–Kier alpha value is -0.540. The van der Waals surface area contributed by atoms with Crippen molar-refractivity contribution in [2.45, 2.75) is 13.3 Å². The summed E-state index contributed by atoms with van der Waals surface area (Å²) >= 11 is 5.31. The van der Waals surface area contributed by atoms with E-state index in [-0.39, 0.29) is 0 Å². The van der Waals surface area contributed by atoms with Gasteiger partial charge in [0, 0.05) is 9.86 Å². The number of aryl methyl sites for hydroxylation is 1. The Balaban J connectivity index is 2.81. The smallest absolute Gasteiger partial charge is 0.137 e. The summed E-state index contributed by atoms with van der Waals surface area (Å²) in [6, 6.07) is 4.21. The maximum absolute atomic E-state index is 5.35. The van der Waals surface area contributed by atoms with Gasteiger partial charge in [0.15, 0.2) is 0 Å². The molecular formula is C11H11BrOS. The number of thiophene rings is 1. The van der Waals surface area contributed by atoms with Gasteiger partial charge >= 0.3 is 0 Å². The van der Waals surface area contributed by atoms with Crippen molar-refractivity contribution in [2.75, 3.05) is 7.11 Å². The van der Waals surface area contributed by atoms with Gasteiger partial charge in [0.1, 0.15) is 5.75 Å². The molecule has 0 aliphatic carbocycles. The zero-order chi connectivity index (χ0) is 10.1. The fourth-order valence-corrected chi connectivity index (χ4v) is 3.26. The van der Waals surface area contributed by atoms with Gasteiger partial charge in [-0.3, -0.25) is 0 Å². The lowest BCUT2D eigenvalue weighted by Gasteiger charge is -2.07. The highest BCUT2D eigenvalue weighted by molar-refractivity contribution is 9.10. The van der Waals surface area contributed by atoms with E-state index in [0.29, 0.717) is 0 Å². The molecule has 1 aromatic carbocycles. The quantitative estimate of drug-likeness (QED) is 0.794. The van der Waals surface area contributed by atoms with Crippen LogP contribution in [0, 0.1) is 0 Å². The van der Waals surface area contributed by atoms with Crippen molar-refractivity contribution < 1.29 is 4.74 Å². The fourth-order valence-electron chi connectivity index (χ4n) is 1.65. The number of ether oxygens (including phenoxy) is 1. The third kappa shape index (κ3) is 1.44. The molecule has 0 saturated heterocycles. The minimum Gasteiger partial charge on any atom is -0.495 e. The second-order valence-electron chi connectivity index (χ2n) is 3.06. The maximum atomic E-state index is 5.35. The first-order valence-electron chi connectivity index (χ1n) is 4.50. The van der Waals surface area contributed by atoms with Gasteiger partial charge < -0.3 is 4.74 Å². The summed E-state index contributed by atoms with van der Waals surface area (Å²) in [6.07, 6.45) is 1.04. The van der Waals surface area contributed by atoms with Crippen LogP contribution in [0.25, 0.3) is 10.1 Å². The molecule has 2 aromatic rings. The van der Waals surface area contributed by atoms with Gasteiger partial charge in [-0.15, -0.1) is 11.3 Å². The first-order valence-corrected chi connectivity index (χ1v) is 6.17. The molecule has 0 saturated carbocycles. The van der Waals surface area contributed by atoms with E-state index in [2.05, 4.69) is 40.4 Å². The lowest BCUT2D eigenvalue weighted by atomic mass is 10.1. The van der Waals surface area contributed by atoms with Gasteiger partial charge in [0.2, 0.25) is 0 Å². The van der Waals surface area contributed by atoms with Crippen molar-refractivity contribution in [2.24, 2.45) is 0 Å². The highest BCUT2D eigenvalue weighted by Crippen LogP contribution is 2.37. The van der Waals surface area contributed by atoms with Crippen LogP contribution in [-0.2, 0) is 6.42 Å². The van der Waals surface area contributed by atoms with Crippen molar-refractivity contribution >= 4 is 37.4 Å². The van der Waals surface area contributed by atoms with Gasteiger partial charge in [0.25, 0.3) is 0 Å². The van der Waals surface area contributed by atoms with E-state index in [4.69, 9.17) is 4.74 Å². The third-order valence-corrected chi connectivity index (χ3v) is 3.97. The van der Waals surface area contributed by atoms with Gasteiger partial charge in [0.05, 0.1) is 11.8 Å². The largest absolute Gasteiger partial charge is 0.495 e. The normalized spacial score (nSPS) is 10.8. The van der Waals surface area contributed by atoms with Crippen LogP contribution in [0.4, 0.5) is 0 Å². The van der Waals surface area contributed by atoms with E-state index >= 15 is 0 Å². The van der Waals surface area contributed by atoms with E-state index < -0.39 is 0 Å². The molecule has 0 bridgehead atoms. The Labute approximate surface area is 95.8 Å². The molecule has 14 heavy (non-hydrogen) atoms. The summed E-state index contributed by atoms with van der Waals surface area (Å²) in [6.45, 7) is 2.17. The molecule has 1 nitrogen and oxygen atoms in total. The zero-order valence-corrected chi connectivity index (χ0v) is 10.5. The minimum atomic E-state index is 0.957. The first-order chi connectivity index (χ1) is 6.77. The fraction of sp³-hybridized carbons (Fsp3) is 0.273. The Morgan fingerprint density at radius 1 is 1.50 bits per heavy atom. The molecule has 0 aliphatic heterocycles. The predicted octanol–water partition coefficient (Wildman–Crippen LogP) is 4.23. The second kappa shape index (κ2) is 3.91. The Kier molecular flexibility index (Phi) is 2.79. The predicted molar refractivity (Wildman–Crippen MR) is 65.5 cm³/mol. The van der Waals surface area contributed by atoms with Crippen LogP contribution < -0.4 is 4.74 Å². The SMILES string of the molecule is CCc1c(Br)cc(OC)c2sccc12. The highest BCUT2D eigenvalue weighted by atomic mass is 79.9. The van der Waals surface area contributed by atoms with Crippen LogP contribution in [0.2, 0.25) is 0 Å². The van der Waals surface area contributed by atoms with Crippen LogP contribution in [0.3, 0.4) is 0 Å². The number of hydrogen-bond donors (Lipinski definition) is 0. The molecular weight excluding hydrogens is 260 g/mol. The summed E-state index contributed by atoms with van der Waals surface area (Å²) in [5.74, 6) is 0.957. The summed E-state index contributed by atoms with van der Waals surface area (Å²) in [5.41, 5.74) is 1.36. The van der Waals surface area contributed by atoms with Gasteiger partial charge in [-0.25, -0.2) is 0 Å². The topological polar surface area (TPSA) is 9.23 Å². The van der Waals surface area contributed by atoms with Crippen LogP contribution in [-0.4, -0.2) is 7.11 Å². The molecule has 0 N–H and O–H groups in total. The Bertz CT molecular complexity index is 462. The molecule has 0 fully saturated rings. The van der Waals surface area contributed by atoms with Crippen molar-refractivity contribution in [1.29, 1.82) is 0 Å². The third-order valence-electron chi connectivity index (χ3n) is 2.33. The van der Waals surface area contributed by atoms with E-state index in [1.165, 1.54) is 15.6 Å². The molecule has 0 unspecified atom stereocenters. The highest BCUT2D eigenvalue weighted by Gasteiger charge is 2.10. The number of rotatable bonds is 2. The van der Waals surface area contributed by atoms with Gasteiger partial charge in [-0.05, 0) is 29.5 Å². The lowest BCUT2D eigenvalue weighted by Crippen LogP contribution is -1.88. The number of fused-ring (bicyclic) bond motifs is 1. The van der Waals surface area contributed by atoms with E-state index in [9.17, 15) is 0 Å². The minimum absolute atomic E-state index is 0.957. The molecule has 1 aromatic heterocycles. The number of methoxy groups -OCH3 is 1. The van der Waals surface area contributed by atoms with E-state index in [1.54, 1.807) is 18.4 Å². The lowest BCUT2D eigenvalue weighted by molar-refractivity contribution is 0.420. The van der Waals surface area contributed by atoms with Crippen molar-refractivity contribution in [1.82, 2.24) is 0 Å². The molecule has 0 atom stereocenters. The molecule has 0 spiro atoms. The molecule has 1 heterocycles. The number of halogens is 1. The summed E-state index contributed by atoms with van der Waals surface area (Å²) in [4.78, 5) is 0.